The maximum Gasteiger partial charge on any atom is 0.270 e. The SMILES string of the molecule is O=C(NC[C@H]1CCOC1)c1cnc2ccccn2c1=O. The van der Waals surface area contributed by atoms with Crippen molar-refractivity contribution in [2.45, 2.75) is 6.42 Å². The lowest BCUT2D eigenvalue weighted by Gasteiger charge is -2.09. The fourth-order valence-corrected chi connectivity index (χ4v) is 2.26. The van der Waals surface area contributed by atoms with Crippen molar-refractivity contribution in [3.05, 3.63) is 46.5 Å². The summed E-state index contributed by atoms with van der Waals surface area (Å²) in [6.07, 6.45) is 3.87. The first-order valence-corrected chi connectivity index (χ1v) is 6.58. The molecule has 1 fully saturated rings. The minimum atomic E-state index is -0.382. The average molecular weight is 273 g/mol. The van der Waals surface area contributed by atoms with Gasteiger partial charge in [-0.05, 0) is 18.6 Å². The molecule has 0 aromatic carbocycles. The summed E-state index contributed by atoms with van der Waals surface area (Å²) in [6, 6.07) is 5.24. The number of aromatic nitrogens is 2. The molecule has 2 aromatic rings. The highest BCUT2D eigenvalue weighted by Gasteiger charge is 2.18. The molecular weight excluding hydrogens is 258 g/mol. The summed E-state index contributed by atoms with van der Waals surface area (Å²) in [5.74, 6) is -0.0530. The van der Waals surface area contributed by atoms with Crippen LogP contribution in [0.2, 0.25) is 0 Å². The third kappa shape index (κ3) is 2.42. The summed E-state index contributed by atoms with van der Waals surface area (Å²) in [5.41, 5.74) is 0.238. The number of ether oxygens (including phenoxy) is 1. The first-order valence-electron chi connectivity index (χ1n) is 6.58. The maximum absolute atomic E-state index is 12.2. The van der Waals surface area contributed by atoms with Gasteiger partial charge in [-0.1, -0.05) is 6.07 Å². The first-order chi connectivity index (χ1) is 9.75. The van der Waals surface area contributed by atoms with Gasteiger partial charge >= 0.3 is 0 Å². The zero-order chi connectivity index (χ0) is 13.9. The van der Waals surface area contributed by atoms with Gasteiger partial charge < -0.3 is 10.1 Å². The lowest BCUT2D eigenvalue weighted by Crippen LogP contribution is -2.34. The van der Waals surface area contributed by atoms with Gasteiger partial charge in [-0.2, -0.15) is 0 Å². The van der Waals surface area contributed by atoms with Crippen LogP contribution in [0.3, 0.4) is 0 Å². The second-order valence-electron chi connectivity index (χ2n) is 4.85. The lowest BCUT2D eigenvalue weighted by atomic mass is 10.1. The number of carbonyl (C=O) groups excluding carboxylic acids is 1. The Balaban J connectivity index is 1.80. The molecule has 1 saturated heterocycles. The van der Waals surface area contributed by atoms with Crippen LogP contribution < -0.4 is 10.9 Å². The third-order valence-electron chi connectivity index (χ3n) is 3.43. The standard InChI is InChI=1S/C14H15N3O3/c18-13(16-7-10-4-6-20-9-10)11-8-15-12-3-1-2-5-17(12)14(11)19/h1-3,5,8,10H,4,6-7,9H2,(H,16,18)/t10-/m1/s1. The van der Waals surface area contributed by atoms with E-state index in [2.05, 4.69) is 10.3 Å². The van der Waals surface area contributed by atoms with E-state index in [1.165, 1.54) is 10.6 Å². The summed E-state index contributed by atoms with van der Waals surface area (Å²) in [5, 5.41) is 2.77. The van der Waals surface area contributed by atoms with E-state index >= 15 is 0 Å². The van der Waals surface area contributed by atoms with Gasteiger partial charge in [0.15, 0.2) is 0 Å². The van der Waals surface area contributed by atoms with Gasteiger partial charge in [0.25, 0.3) is 11.5 Å². The van der Waals surface area contributed by atoms with E-state index < -0.39 is 0 Å². The van der Waals surface area contributed by atoms with E-state index in [-0.39, 0.29) is 17.0 Å². The zero-order valence-corrected chi connectivity index (χ0v) is 10.9. The quantitative estimate of drug-likeness (QED) is 0.882. The van der Waals surface area contributed by atoms with Gasteiger partial charge in [-0.25, -0.2) is 4.98 Å². The van der Waals surface area contributed by atoms with Crippen molar-refractivity contribution in [3.63, 3.8) is 0 Å². The molecule has 3 heterocycles. The highest BCUT2D eigenvalue weighted by atomic mass is 16.5. The minimum Gasteiger partial charge on any atom is -0.381 e. The number of pyridine rings is 1. The number of nitrogens with zero attached hydrogens (tertiary/aromatic N) is 2. The molecule has 1 aliphatic heterocycles. The van der Waals surface area contributed by atoms with Crippen LogP contribution in [0.1, 0.15) is 16.8 Å². The Kier molecular flexibility index (Phi) is 3.47. The smallest absolute Gasteiger partial charge is 0.270 e. The molecule has 0 radical (unpaired) electrons. The highest BCUT2D eigenvalue weighted by molar-refractivity contribution is 5.93. The summed E-state index contributed by atoms with van der Waals surface area (Å²) >= 11 is 0. The third-order valence-corrected chi connectivity index (χ3v) is 3.43. The molecule has 1 atom stereocenters. The van der Waals surface area contributed by atoms with Crippen molar-refractivity contribution >= 4 is 11.6 Å². The van der Waals surface area contributed by atoms with E-state index in [0.29, 0.717) is 24.7 Å². The van der Waals surface area contributed by atoms with Gasteiger partial charge in [-0.15, -0.1) is 0 Å². The van der Waals surface area contributed by atoms with Crippen LogP contribution >= 0.6 is 0 Å². The molecule has 6 heteroatoms. The van der Waals surface area contributed by atoms with Crippen molar-refractivity contribution in [2.75, 3.05) is 19.8 Å². The maximum atomic E-state index is 12.2. The van der Waals surface area contributed by atoms with Crippen LogP contribution in [0.4, 0.5) is 0 Å². The fourth-order valence-electron chi connectivity index (χ4n) is 2.26. The Morgan fingerprint density at radius 2 is 2.40 bits per heavy atom. The molecule has 1 N–H and O–H groups in total. The molecule has 0 bridgehead atoms. The molecule has 0 spiro atoms. The number of amides is 1. The predicted octanol–water partition coefficient (Wildman–Crippen LogP) is 0.461. The van der Waals surface area contributed by atoms with E-state index in [0.717, 1.165) is 13.0 Å². The van der Waals surface area contributed by atoms with E-state index in [4.69, 9.17) is 4.74 Å². The molecule has 104 valence electrons. The summed E-state index contributed by atoms with van der Waals surface area (Å²) in [7, 11) is 0. The van der Waals surface area contributed by atoms with Crippen LogP contribution in [0.5, 0.6) is 0 Å². The predicted molar refractivity (Wildman–Crippen MR) is 72.7 cm³/mol. The number of hydrogen-bond acceptors (Lipinski definition) is 4. The van der Waals surface area contributed by atoms with Gasteiger partial charge in [0, 0.05) is 31.5 Å². The molecule has 0 saturated carbocycles. The fraction of sp³-hybridized carbons (Fsp3) is 0.357. The van der Waals surface area contributed by atoms with Gasteiger partial charge in [0.2, 0.25) is 0 Å². The molecule has 1 amide bonds. The molecule has 20 heavy (non-hydrogen) atoms. The monoisotopic (exact) mass is 273 g/mol. The van der Waals surface area contributed by atoms with E-state index in [1.54, 1.807) is 24.4 Å². The zero-order valence-electron chi connectivity index (χ0n) is 10.9. The number of nitrogens with one attached hydrogen (secondary N) is 1. The second-order valence-corrected chi connectivity index (χ2v) is 4.85. The van der Waals surface area contributed by atoms with Gasteiger partial charge in [0.05, 0.1) is 6.61 Å². The molecular formula is C14H15N3O3. The van der Waals surface area contributed by atoms with Crippen molar-refractivity contribution in [1.29, 1.82) is 0 Å². The summed E-state index contributed by atoms with van der Waals surface area (Å²) in [6.45, 7) is 1.92. The van der Waals surface area contributed by atoms with Crippen LogP contribution in [0.25, 0.3) is 5.65 Å². The van der Waals surface area contributed by atoms with E-state index in [1.807, 2.05) is 0 Å². The first kappa shape index (κ1) is 12.8. The second kappa shape index (κ2) is 5.42. The van der Waals surface area contributed by atoms with Crippen LogP contribution in [-0.2, 0) is 4.74 Å². The average Bonchev–Trinajstić information content (AvgIpc) is 2.99. The Morgan fingerprint density at radius 1 is 1.50 bits per heavy atom. The highest BCUT2D eigenvalue weighted by Crippen LogP contribution is 2.10. The van der Waals surface area contributed by atoms with Crippen molar-refractivity contribution in [3.8, 4) is 0 Å². The topological polar surface area (TPSA) is 72.7 Å². The minimum absolute atomic E-state index is 0.0626. The number of rotatable bonds is 3. The Bertz CT molecular complexity index is 689. The van der Waals surface area contributed by atoms with Gasteiger partial charge in [0.1, 0.15) is 11.2 Å². The largest absolute Gasteiger partial charge is 0.381 e. The van der Waals surface area contributed by atoms with Crippen molar-refractivity contribution in [2.24, 2.45) is 5.92 Å². The number of fused-ring (bicyclic) bond motifs is 1. The normalized spacial score (nSPS) is 18.3. The molecule has 0 unspecified atom stereocenters. The Morgan fingerprint density at radius 3 is 3.20 bits per heavy atom. The number of carbonyl (C=O) groups is 1. The number of hydrogen-bond donors (Lipinski definition) is 1. The Labute approximate surface area is 115 Å². The summed E-state index contributed by atoms with van der Waals surface area (Å²) in [4.78, 5) is 28.4. The Hall–Kier alpha value is -2.21. The molecule has 3 rings (SSSR count). The molecule has 0 aliphatic carbocycles. The van der Waals surface area contributed by atoms with Crippen LogP contribution in [0, 0.1) is 5.92 Å². The van der Waals surface area contributed by atoms with Crippen LogP contribution in [0.15, 0.2) is 35.4 Å². The van der Waals surface area contributed by atoms with Crippen molar-refractivity contribution in [1.82, 2.24) is 14.7 Å². The molecule has 1 aliphatic rings. The van der Waals surface area contributed by atoms with Gasteiger partial charge in [-0.3, -0.25) is 14.0 Å². The van der Waals surface area contributed by atoms with Crippen LogP contribution in [-0.4, -0.2) is 35.1 Å². The molecule has 2 aromatic heterocycles. The van der Waals surface area contributed by atoms with Crippen molar-refractivity contribution < 1.29 is 9.53 Å². The summed E-state index contributed by atoms with van der Waals surface area (Å²) < 4.78 is 6.62. The lowest BCUT2D eigenvalue weighted by molar-refractivity contribution is 0.0943. The van der Waals surface area contributed by atoms with E-state index in [9.17, 15) is 9.59 Å². The molecule has 6 nitrogen and oxygen atoms in total.